The van der Waals surface area contributed by atoms with Gasteiger partial charge in [-0.25, -0.2) is 4.31 Å². The predicted molar refractivity (Wildman–Crippen MR) is 91.2 cm³/mol. The fourth-order valence-corrected chi connectivity index (χ4v) is 3.46. The van der Waals surface area contributed by atoms with Crippen molar-refractivity contribution in [2.24, 2.45) is 0 Å². The Morgan fingerprint density at radius 2 is 1.79 bits per heavy atom. The molecule has 1 heterocycles. The van der Waals surface area contributed by atoms with Crippen LogP contribution in [0, 0.1) is 0 Å². The highest BCUT2D eigenvalue weighted by atomic mass is 32.2. The SMILES string of the molecule is CN1Sc2ccccc2C(=O)C1C(=O)Nc1ccccc(=O)c1O. The number of nitrogens with one attached hydrogen (secondary N) is 1. The smallest absolute Gasteiger partial charge is 0.250 e. The third-order valence-electron chi connectivity index (χ3n) is 3.62. The first-order valence-corrected chi connectivity index (χ1v) is 7.93. The number of carbonyl (C=O) groups excluding carboxylic acids is 2. The van der Waals surface area contributed by atoms with E-state index >= 15 is 0 Å². The van der Waals surface area contributed by atoms with Crippen molar-refractivity contribution in [2.75, 3.05) is 12.4 Å². The molecule has 1 atom stereocenters. The van der Waals surface area contributed by atoms with Crippen LogP contribution in [0.5, 0.6) is 5.75 Å². The predicted octanol–water partition coefficient (Wildman–Crippen LogP) is 1.89. The number of anilines is 1. The Hall–Kier alpha value is -2.64. The number of fused-ring (bicyclic) bond motifs is 1. The molecule has 0 saturated carbocycles. The minimum atomic E-state index is -1.05. The van der Waals surface area contributed by atoms with Crippen molar-refractivity contribution in [2.45, 2.75) is 10.9 Å². The Labute approximate surface area is 142 Å². The molecule has 1 amide bonds. The van der Waals surface area contributed by atoms with Gasteiger partial charge in [0, 0.05) is 10.5 Å². The van der Waals surface area contributed by atoms with Crippen molar-refractivity contribution in [1.29, 1.82) is 0 Å². The molecule has 0 radical (unpaired) electrons. The molecule has 0 aliphatic carbocycles. The van der Waals surface area contributed by atoms with Crippen LogP contribution in [0.3, 0.4) is 0 Å². The van der Waals surface area contributed by atoms with Crippen molar-refractivity contribution in [3.63, 3.8) is 0 Å². The van der Waals surface area contributed by atoms with E-state index in [2.05, 4.69) is 5.32 Å². The largest absolute Gasteiger partial charge is 0.503 e. The topological polar surface area (TPSA) is 86.7 Å². The van der Waals surface area contributed by atoms with Gasteiger partial charge in [-0.15, -0.1) is 0 Å². The van der Waals surface area contributed by atoms with Crippen LogP contribution in [0.2, 0.25) is 0 Å². The molecule has 6 nitrogen and oxygen atoms in total. The molecular formula is C17H14N2O4S. The number of carbonyl (C=O) groups is 2. The summed E-state index contributed by atoms with van der Waals surface area (Å²) < 4.78 is 1.55. The van der Waals surface area contributed by atoms with E-state index in [0.717, 1.165) is 4.90 Å². The van der Waals surface area contributed by atoms with Crippen molar-refractivity contribution in [1.82, 2.24) is 4.31 Å². The van der Waals surface area contributed by atoms with E-state index in [9.17, 15) is 19.5 Å². The molecule has 24 heavy (non-hydrogen) atoms. The number of ketones is 1. The summed E-state index contributed by atoms with van der Waals surface area (Å²) in [5.74, 6) is -1.50. The van der Waals surface area contributed by atoms with Gasteiger partial charge in [-0.05, 0) is 37.2 Å². The third-order valence-corrected chi connectivity index (χ3v) is 4.67. The van der Waals surface area contributed by atoms with E-state index in [1.807, 2.05) is 12.1 Å². The average molecular weight is 342 g/mol. The zero-order chi connectivity index (χ0) is 17.3. The van der Waals surface area contributed by atoms with Gasteiger partial charge in [0.2, 0.25) is 5.43 Å². The molecule has 7 heteroatoms. The highest BCUT2D eigenvalue weighted by Gasteiger charge is 2.37. The molecule has 2 aromatic carbocycles. The minimum absolute atomic E-state index is 0.0277. The molecule has 0 aromatic heterocycles. The summed E-state index contributed by atoms with van der Waals surface area (Å²) in [6.45, 7) is 0. The number of aromatic hydroxyl groups is 1. The summed E-state index contributed by atoms with van der Waals surface area (Å²) in [7, 11) is 1.65. The highest BCUT2D eigenvalue weighted by molar-refractivity contribution is 7.97. The summed E-state index contributed by atoms with van der Waals surface area (Å²) >= 11 is 1.30. The monoisotopic (exact) mass is 342 g/mol. The van der Waals surface area contributed by atoms with Gasteiger partial charge < -0.3 is 10.4 Å². The van der Waals surface area contributed by atoms with E-state index in [0.29, 0.717) is 5.56 Å². The lowest BCUT2D eigenvalue weighted by Crippen LogP contribution is -2.46. The lowest BCUT2D eigenvalue weighted by Gasteiger charge is -2.30. The molecular weight excluding hydrogens is 328 g/mol. The number of Topliss-reactive ketones (excluding diaryl/α,β-unsaturated/α-hetero) is 1. The quantitative estimate of drug-likeness (QED) is 0.640. The molecule has 0 spiro atoms. The van der Waals surface area contributed by atoms with Crippen LogP contribution in [0.1, 0.15) is 10.4 Å². The zero-order valence-corrected chi connectivity index (χ0v) is 13.5. The Morgan fingerprint density at radius 3 is 2.58 bits per heavy atom. The van der Waals surface area contributed by atoms with Gasteiger partial charge in [-0.1, -0.05) is 30.3 Å². The van der Waals surface area contributed by atoms with Crippen molar-refractivity contribution < 1.29 is 14.7 Å². The van der Waals surface area contributed by atoms with Crippen LogP contribution in [0.15, 0.2) is 58.2 Å². The third kappa shape index (κ3) is 2.91. The molecule has 2 N–H and O–H groups in total. The van der Waals surface area contributed by atoms with Gasteiger partial charge in [0.05, 0.1) is 5.69 Å². The Morgan fingerprint density at radius 1 is 1.12 bits per heavy atom. The van der Waals surface area contributed by atoms with Crippen LogP contribution in [0.25, 0.3) is 0 Å². The maximum atomic E-state index is 12.6. The normalized spacial score (nSPS) is 17.2. The van der Waals surface area contributed by atoms with E-state index in [4.69, 9.17) is 0 Å². The maximum Gasteiger partial charge on any atom is 0.250 e. The molecule has 0 fully saturated rings. The van der Waals surface area contributed by atoms with Gasteiger partial charge in [-0.3, -0.25) is 14.4 Å². The van der Waals surface area contributed by atoms with E-state index in [1.54, 1.807) is 23.5 Å². The molecule has 3 rings (SSSR count). The Balaban J connectivity index is 1.92. The zero-order valence-electron chi connectivity index (χ0n) is 12.7. The number of nitrogens with zero attached hydrogens (tertiary/aromatic N) is 1. The lowest BCUT2D eigenvalue weighted by atomic mass is 10.0. The van der Waals surface area contributed by atoms with Crippen molar-refractivity contribution in [3.05, 3.63) is 64.3 Å². The first-order chi connectivity index (χ1) is 11.5. The first kappa shape index (κ1) is 16.2. The van der Waals surface area contributed by atoms with Gasteiger partial charge in [0.15, 0.2) is 17.6 Å². The first-order valence-electron chi connectivity index (χ1n) is 7.16. The van der Waals surface area contributed by atoms with Gasteiger partial charge >= 0.3 is 0 Å². The number of hydrogen-bond acceptors (Lipinski definition) is 6. The maximum absolute atomic E-state index is 12.6. The summed E-state index contributed by atoms with van der Waals surface area (Å²) in [5, 5.41) is 12.3. The van der Waals surface area contributed by atoms with Crippen molar-refractivity contribution >= 4 is 29.3 Å². The van der Waals surface area contributed by atoms with E-state index in [-0.39, 0.29) is 11.5 Å². The van der Waals surface area contributed by atoms with Crippen LogP contribution >= 0.6 is 11.9 Å². The summed E-state index contributed by atoms with van der Waals surface area (Å²) in [4.78, 5) is 37.6. The Bertz CT molecular complexity index is 884. The highest BCUT2D eigenvalue weighted by Crippen LogP contribution is 2.34. The molecule has 0 saturated heterocycles. The van der Waals surface area contributed by atoms with Crippen LogP contribution < -0.4 is 10.7 Å². The molecule has 1 aliphatic heterocycles. The second kappa shape index (κ2) is 6.46. The van der Waals surface area contributed by atoms with Crippen LogP contribution in [-0.2, 0) is 4.79 Å². The average Bonchev–Trinajstić information content (AvgIpc) is 2.70. The van der Waals surface area contributed by atoms with Crippen molar-refractivity contribution in [3.8, 4) is 5.75 Å². The number of likely N-dealkylation sites (N-methyl/N-ethyl adjacent to an activating group) is 1. The lowest BCUT2D eigenvalue weighted by molar-refractivity contribution is -0.118. The summed E-state index contributed by atoms with van der Waals surface area (Å²) in [5.41, 5.74) is -0.161. The van der Waals surface area contributed by atoms with E-state index in [1.165, 1.54) is 36.2 Å². The number of amides is 1. The summed E-state index contributed by atoms with van der Waals surface area (Å²) in [6, 6.07) is 11.6. The molecule has 2 aromatic rings. The second-order valence-electron chi connectivity index (χ2n) is 5.23. The van der Waals surface area contributed by atoms with Gasteiger partial charge in [-0.2, -0.15) is 0 Å². The number of benzene rings is 1. The number of rotatable bonds is 2. The standard InChI is InChI=1S/C17H14N2O4S/c1-19-14(15(21)10-6-2-5-9-13(10)24-19)17(23)18-11-7-3-4-8-12(20)16(11)22/h2-9,14H,1H3,(H2,18,20,22,23). The fourth-order valence-electron chi connectivity index (χ4n) is 2.44. The van der Waals surface area contributed by atoms with Gasteiger partial charge in [0.1, 0.15) is 0 Å². The van der Waals surface area contributed by atoms with Crippen LogP contribution in [-0.4, -0.2) is 34.2 Å². The molecule has 1 aliphatic rings. The second-order valence-corrected chi connectivity index (χ2v) is 6.43. The van der Waals surface area contributed by atoms with Gasteiger partial charge in [0.25, 0.3) is 5.91 Å². The fraction of sp³-hybridized carbons (Fsp3) is 0.118. The number of hydrogen-bond donors (Lipinski definition) is 2. The molecule has 122 valence electrons. The summed E-state index contributed by atoms with van der Waals surface area (Å²) in [6.07, 6.45) is 0. The molecule has 1 unspecified atom stereocenters. The van der Waals surface area contributed by atoms with Crippen LogP contribution in [0.4, 0.5) is 5.69 Å². The minimum Gasteiger partial charge on any atom is -0.503 e. The molecule has 0 bridgehead atoms. The van der Waals surface area contributed by atoms with E-state index < -0.39 is 23.1 Å². The Kier molecular flexibility index (Phi) is 4.37.